The zero-order valence-corrected chi connectivity index (χ0v) is 20.6. The number of piperazine rings is 1. The summed E-state index contributed by atoms with van der Waals surface area (Å²) in [6, 6.07) is 15.3. The number of benzene rings is 2. The maximum atomic E-state index is 13.1. The minimum atomic E-state index is -0.123. The van der Waals surface area contributed by atoms with Gasteiger partial charge in [0, 0.05) is 45.1 Å². The number of carbonyl (C=O) groups is 1. The second kappa shape index (κ2) is 11.6. The van der Waals surface area contributed by atoms with Crippen LogP contribution in [0.2, 0.25) is 0 Å². The van der Waals surface area contributed by atoms with Gasteiger partial charge in [0.25, 0.3) is 0 Å². The lowest BCUT2D eigenvalue weighted by molar-refractivity contribution is -0.109. The van der Waals surface area contributed by atoms with Crippen molar-refractivity contribution in [3.8, 4) is 22.9 Å². The third kappa shape index (κ3) is 5.88. The van der Waals surface area contributed by atoms with E-state index in [4.69, 9.17) is 9.47 Å². The Labute approximate surface area is 211 Å². The molecule has 8 heteroatoms. The van der Waals surface area contributed by atoms with Crippen molar-refractivity contribution in [3.63, 3.8) is 0 Å². The molecular weight excluding hydrogens is 456 g/mol. The van der Waals surface area contributed by atoms with E-state index in [0.717, 1.165) is 74.7 Å². The standard InChI is InChI=1S/C28H34N4O4/c33-21-19-29-13-15-30(16-14-29)20-22-35-25-9-5-23(6-10-25)31-17-18-32(28(31)34)24-7-11-27(12-8-24)36-26-3-1-2-4-26/h5-12,17-18,21,26H,1-4,13-16,19-20,22H2. The molecule has 1 aliphatic heterocycles. The number of aldehydes is 1. The lowest BCUT2D eigenvalue weighted by Gasteiger charge is -2.33. The molecule has 1 aliphatic carbocycles. The summed E-state index contributed by atoms with van der Waals surface area (Å²) in [6.45, 7) is 5.71. The summed E-state index contributed by atoms with van der Waals surface area (Å²) in [5.41, 5.74) is 1.48. The highest BCUT2D eigenvalue weighted by Crippen LogP contribution is 2.24. The van der Waals surface area contributed by atoms with Crippen LogP contribution in [0.3, 0.4) is 0 Å². The van der Waals surface area contributed by atoms with Crippen LogP contribution in [0.25, 0.3) is 11.4 Å². The third-order valence-corrected chi connectivity index (χ3v) is 7.09. The lowest BCUT2D eigenvalue weighted by Crippen LogP contribution is -2.47. The molecule has 2 aromatic carbocycles. The van der Waals surface area contributed by atoms with Gasteiger partial charge in [0.1, 0.15) is 24.4 Å². The summed E-state index contributed by atoms with van der Waals surface area (Å²) in [7, 11) is 0. The van der Waals surface area contributed by atoms with Crippen molar-refractivity contribution < 1.29 is 14.3 Å². The van der Waals surface area contributed by atoms with E-state index in [1.165, 1.54) is 12.8 Å². The van der Waals surface area contributed by atoms with Crippen LogP contribution in [-0.2, 0) is 4.79 Å². The van der Waals surface area contributed by atoms with E-state index < -0.39 is 0 Å². The fourth-order valence-corrected chi connectivity index (χ4v) is 4.95. The predicted octanol–water partition coefficient (Wildman–Crippen LogP) is 3.14. The Hall–Kier alpha value is -3.36. The van der Waals surface area contributed by atoms with Crippen LogP contribution in [0, 0.1) is 0 Å². The van der Waals surface area contributed by atoms with E-state index in [2.05, 4.69) is 9.80 Å². The fraction of sp³-hybridized carbons (Fsp3) is 0.429. The molecule has 0 amide bonds. The predicted molar refractivity (Wildman–Crippen MR) is 139 cm³/mol. The van der Waals surface area contributed by atoms with E-state index in [1.54, 1.807) is 21.5 Å². The average molecular weight is 491 g/mol. The first-order chi connectivity index (χ1) is 17.7. The Morgan fingerprint density at radius 2 is 1.33 bits per heavy atom. The number of hydrogen-bond donors (Lipinski definition) is 0. The van der Waals surface area contributed by atoms with Crippen LogP contribution >= 0.6 is 0 Å². The van der Waals surface area contributed by atoms with Gasteiger partial charge in [-0.3, -0.25) is 18.9 Å². The summed E-state index contributed by atoms with van der Waals surface area (Å²) >= 11 is 0. The number of nitrogens with zero attached hydrogens (tertiary/aromatic N) is 4. The number of ether oxygens (including phenoxy) is 2. The summed E-state index contributed by atoms with van der Waals surface area (Å²) in [6.07, 6.45) is 9.57. The minimum absolute atomic E-state index is 0.123. The van der Waals surface area contributed by atoms with Gasteiger partial charge >= 0.3 is 5.69 Å². The Kier molecular flexibility index (Phi) is 7.83. The van der Waals surface area contributed by atoms with E-state index in [-0.39, 0.29) is 5.69 Å². The monoisotopic (exact) mass is 490 g/mol. The molecule has 2 heterocycles. The molecular formula is C28H34N4O4. The van der Waals surface area contributed by atoms with Crippen LogP contribution in [0.15, 0.2) is 65.7 Å². The molecule has 36 heavy (non-hydrogen) atoms. The van der Waals surface area contributed by atoms with E-state index in [0.29, 0.717) is 19.3 Å². The largest absolute Gasteiger partial charge is 0.492 e. The molecule has 2 aliphatic rings. The molecule has 2 fully saturated rings. The number of aromatic nitrogens is 2. The van der Waals surface area contributed by atoms with Gasteiger partial charge < -0.3 is 14.3 Å². The van der Waals surface area contributed by atoms with Gasteiger partial charge in [-0.1, -0.05) is 0 Å². The fourth-order valence-electron chi connectivity index (χ4n) is 4.95. The molecule has 0 bridgehead atoms. The number of carbonyl (C=O) groups excluding carboxylic acids is 1. The molecule has 3 aromatic rings. The third-order valence-electron chi connectivity index (χ3n) is 7.09. The van der Waals surface area contributed by atoms with Crippen molar-refractivity contribution in [2.45, 2.75) is 31.8 Å². The molecule has 1 saturated carbocycles. The van der Waals surface area contributed by atoms with Crippen LogP contribution in [0.4, 0.5) is 0 Å². The molecule has 0 atom stereocenters. The van der Waals surface area contributed by atoms with Crippen molar-refractivity contribution >= 4 is 6.29 Å². The van der Waals surface area contributed by atoms with Crippen molar-refractivity contribution in [3.05, 3.63) is 71.4 Å². The second-order valence-corrected chi connectivity index (χ2v) is 9.49. The first kappa shape index (κ1) is 24.3. The Bertz CT molecular complexity index is 1170. The molecule has 0 spiro atoms. The zero-order chi connectivity index (χ0) is 24.7. The topological polar surface area (TPSA) is 68.9 Å². The Balaban J connectivity index is 1.15. The minimum Gasteiger partial charge on any atom is -0.492 e. The van der Waals surface area contributed by atoms with Crippen LogP contribution < -0.4 is 15.2 Å². The number of imidazole rings is 1. The van der Waals surface area contributed by atoms with E-state index >= 15 is 0 Å². The molecule has 1 saturated heterocycles. The van der Waals surface area contributed by atoms with Gasteiger partial charge in [0.2, 0.25) is 0 Å². The van der Waals surface area contributed by atoms with Crippen LogP contribution in [-0.4, -0.2) is 77.2 Å². The summed E-state index contributed by atoms with van der Waals surface area (Å²) < 4.78 is 15.2. The van der Waals surface area contributed by atoms with Crippen molar-refractivity contribution in [2.24, 2.45) is 0 Å². The smallest absolute Gasteiger partial charge is 0.337 e. The Morgan fingerprint density at radius 3 is 1.92 bits per heavy atom. The van der Waals surface area contributed by atoms with E-state index in [1.807, 2.05) is 48.5 Å². The van der Waals surface area contributed by atoms with Crippen LogP contribution in [0.5, 0.6) is 11.5 Å². The first-order valence-electron chi connectivity index (χ1n) is 12.9. The van der Waals surface area contributed by atoms with Crippen molar-refractivity contribution in [1.82, 2.24) is 18.9 Å². The maximum absolute atomic E-state index is 13.1. The quantitative estimate of drug-likeness (QED) is 0.407. The zero-order valence-electron chi connectivity index (χ0n) is 20.6. The van der Waals surface area contributed by atoms with Gasteiger partial charge in [-0.25, -0.2) is 4.79 Å². The number of rotatable bonds is 10. The van der Waals surface area contributed by atoms with Crippen LogP contribution in [0.1, 0.15) is 25.7 Å². The van der Waals surface area contributed by atoms with Gasteiger partial charge in [-0.15, -0.1) is 0 Å². The highest BCUT2D eigenvalue weighted by atomic mass is 16.5. The SMILES string of the molecule is O=CCN1CCN(CCOc2ccc(-n3ccn(-c4ccc(OC5CCCC5)cc4)c3=O)cc2)CC1. The maximum Gasteiger partial charge on any atom is 0.337 e. The molecule has 0 unspecified atom stereocenters. The van der Waals surface area contributed by atoms with Gasteiger partial charge in [0.15, 0.2) is 0 Å². The molecule has 190 valence electrons. The van der Waals surface area contributed by atoms with Gasteiger partial charge in [0.05, 0.1) is 24.0 Å². The molecule has 1 aromatic heterocycles. The summed E-state index contributed by atoms with van der Waals surface area (Å²) in [4.78, 5) is 28.2. The average Bonchev–Trinajstić information content (AvgIpc) is 3.56. The molecule has 8 nitrogen and oxygen atoms in total. The van der Waals surface area contributed by atoms with Crippen molar-refractivity contribution in [2.75, 3.05) is 45.9 Å². The number of hydrogen-bond acceptors (Lipinski definition) is 6. The van der Waals surface area contributed by atoms with Crippen molar-refractivity contribution in [1.29, 1.82) is 0 Å². The normalized spacial score (nSPS) is 17.3. The second-order valence-electron chi connectivity index (χ2n) is 9.49. The summed E-state index contributed by atoms with van der Waals surface area (Å²) in [5.74, 6) is 1.64. The molecule has 5 rings (SSSR count). The lowest BCUT2D eigenvalue weighted by atomic mass is 10.2. The summed E-state index contributed by atoms with van der Waals surface area (Å²) in [5, 5.41) is 0. The molecule has 0 N–H and O–H groups in total. The highest BCUT2D eigenvalue weighted by Gasteiger charge is 2.17. The van der Waals surface area contributed by atoms with Gasteiger partial charge in [-0.05, 0) is 74.2 Å². The Morgan fingerprint density at radius 1 is 0.778 bits per heavy atom. The van der Waals surface area contributed by atoms with Gasteiger partial charge in [-0.2, -0.15) is 0 Å². The van der Waals surface area contributed by atoms with E-state index in [9.17, 15) is 9.59 Å². The highest BCUT2D eigenvalue weighted by molar-refractivity contribution is 5.52. The first-order valence-corrected chi connectivity index (χ1v) is 12.9. The molecule has 0 radical (unpaired) electrons.